The molecule has 4 nitrogen and oxygen atoms in total. The van der Waals surface area contributed by atoms with Crippen molar-refractivity contribution in [3.63, 3.8) is 0 Å². The van der Waals surface area contributed by atoms with Crippen LogP contribution in [0, 0.1) is 5.41 Å². The zero-order valence-electron chi connectivity index (χ0n) is 9.13. The van der Waals surface area contributed by atoms with Gasteiger partial charge in [0.25, 0.3) is 0 Å². The molecule has 0 aromatic carbocycles. The highest BCUT2D eigenvalue weighted by molar-refractivity contribution is 5.74. The van der Waals surface area contributed by atoms with Crippen LogP contribution in [-0.4, -0.2) is 29.8 Å². The molecule has 14 heavy (non-hydrogen) atoms. The number of hydrogen-bond acceptors (Lipinski definition) is 2. The van der Waals surface area contributed by atoms with Gasteiger partial charge in [-0.15, -0.1) is 0 Å². The average molecular weight is 200 g/mol. The van der Waals surface area contributed by atoms with Gasteiger partial charge in [0.05, 0.1) is 6.10 Å². The van der Waals surface area contributed by atoms with E-state index in [0.29, 0.717) is 13.0 Å². The molecule has 1 saturated carbocycles. The summed E-state index contributed by atoms with van der Waals surface area (Å²) in [6.07, 6.45) is 1.30. The number of hydrogen-bond donors (Lipinski definition) is 3. The summed E-state index contributed by atoms with van der Waals surface area (Å²) in [4.78, 5) is 11.3. The van der Waals surface area contributed by atoms with E-state index in [0.717, 1.165) is 6.42 Å². The monoisotopic (exact) mass is 200 g/mol. The predicted molar refractivity (Wildman–Crippen MR) is 55.0 cm³/mol. The third-order valence-electron chi connectivity index (χ3n) is 3.06. The molecule has 1 rings (SSSR count). The van der Waals surface area contributed by atoms with Crippen molar-refractivity contribution < 1.29 is 9.90 Å². The Balaban J connectivity index is 2.29. The second-order valence-corrected chi connectivity index (χ2v) is 4.53. The lowest BCUT2D eigenvalue weighted by Crippen LogP contribution is -2.62. The fourth-order valence-electron chi connectivity index (χ4n) is 1.60. The Kier molecular flexibility index (Phi) is 3.37. The third kappa shape index (κ3) is 2.18. The van der Waals surface area contributed by atoms with Crippen molar-refractivity contribution >= 4 is 6.03 Å². The molecule has 0 heterocycles. The van der Waals surface area contributed by atoms with Crippen LogP contribution in [0.5, 0.6) is 0 Å². The van der Waals surface area contributed by atoms with Crippen LogP contribution in [0.25, 0.3) is 0 Å². The third-order valence-corrected chi connectivity index (χ3v) is 3.06. The van der Waals surface area contributed by atoms with Gasteiger partial charge < -0.3 is 15.7 Å². The van der Waals surface area contributed by atoms with Gasteiger partial charge in [0, 0.05) is 18.0 Å². The summed E-state index contributed by atoms with van der Waals surface area (Å²) in [5, 5.41) is 15.1. The van der Waals surface area contributed by atoms with Crippen molar-refractivity contribution in [3.05, 3.63) is 0 Å². The molecule has 0 aromatic heterocycles. The molecule has 1 aliphatic rings. The molecule has 1 fully saturated rings. The number of carbonyl (C=O) groups is 1. The summed E-state index contributed by atoms with van der Waals surface area (Å²) in [6.45, 7) is 6.64. The summed E-state index contributed by atoms with van der Waals surface area (Å²) >= 11 is 0. The largest absolute Gasteiger partial charge is 0.392 e. The highest BCUT2D eigenvalue weighted by Crippen LogP contribution is 2.40. The smallest absolute Gasteiger partial charge is 0.315 e. The van der Waals surface area contributed by atoms with Crippen LogP contribution in [0.2, 0.25) is 0 Å². The minimum absolute atomic E-state index is 0.0920. The van der Waals surface area contributed by atoms with Crippen LogP contribution in [0.4, 0.5) is 4.79 Å². The van der Waals surface area contributed by atoms with Gasteiger partial charge in [-0.3, -0.25) is 0 Å². The lowest BCUT2D eigenvalue weighted by molar-refractivity contribution is -0.0678. The van der Waals surface area contributed by atoms with Gasteiger partial charge in [-0.1, -0.05) is 20.8 Å². The fraction of sp³-hybridized carbons (Fsp3) is 0.900. The summed E-state index contributed by atoms with van der Waals surface area (Å²) < 4.78 is 0. The summed E-state index contributed by atoms with van der Waals surface area (Å²) in [7, 11) is 0. The molecule has 2 atom stereocenters. The Morgan fingerprint density at radius 2 is 2.21 bits per heavy atom. The van der Waals surface area contributed by atoms with Gasteiger partial charge in [0.2, 0.25) is 0 Å². The quantitative estimate of drug-likeness (QED) is 0.632. The van der Waals surface area contributed by atoms with Gasteiger partial charge in [0.15, 0.2) is 0 Å². The van der Waals surface area contributed by atoms with Crippen molar-refractivity contribution in [2.75, 3.05) is 6.54 Å². The Morgan fingerprint density at radius 3 is 2.64 bits per heavy atom. The number of carbonyl (C=O) groups excluding carboxylic acids is 1. The first-order chi connectivity index (χ1) is 6.48. The first-order valence-corrected chi connectivity index (χ1v) is 5.21. The van der Waals surface area contributed by atoms with Crippen LogP contribution in [-0.2, 0) is 0 Å². The molecular formula is C10H20N2O2. The number of urea groups is 1. The van der Waals surface area contributed by atoms with E-state index >= 15 is 0 Å². The van der Waals surface area contributed by atoms with Crippen LogP contribution >= 0.6 is 0 Å². The molecule has 0 aromatic rings. The van der Waals surface area contributed by atoms with Gasteiger partial charge in [-0.2, -0.15) is 0 Å². The number of aliphatic hydroxyl groups excluding tert-OH is 1. The Bertz CT molecular complexity index is 216. The van der Waals surface area contributed by atoms with Crippen molar-refractivity contribution in [1.82, 2.24) is 10.6 Å². The minimum Gasteiger partial charge on any atom is -0.392 e. The normalized spacial score (nSPS) is 29.1. The van der Waals surface area contributed by atoms with E-state index in [2.05, 4.69) is 10.6 Å². The lowest BCUT2D eigenvalue weighted by Gasteiger charge is -2.49. The summed E-state index contributed by atoms with van der Waals surface area (Å²) in [5.74, 6) is 0. The van der Waals surface area contributed by atoms with Gasteiger partial charge in [-0.25, -0.2) is 4.79 Å². The van der Waals surface area contributed by atoms with E-state index in [9.17, 15) is 9.90 Å². The second kappa shape index (κ2) is 4.17. The second-order valence-electron chi connectivity index (χ2n) is 4.53. The molecule has 0 aliphatic heterocycles. The maximum absolute atomic E-state index is 11.3. The number of rotatable bonds is 3. The van der Waals surface area contributed by atoms with Crippen LogP contribution in [0.1, 0.15) is 33.6 Å². The summed E-state index contributed by atoms with van der Waals surface area (Å²) in [5.41, 5.74) is -0.191. The van der Waals surface area contributed by atoms with E-state index < -0.39 is 0 Å². The first-order valence-electron chi connectivity index (χ1n) is 5.21. The molecular weight excluding hydrogens is 180 g/mol. The van der Waals surface area contributed by atoms with E-state index in [-0.39, 0.29) is 23.6 Å². The Hall–Kier alpha value is -0.770. The molecule has 3 N–H and O–H groups in total. The van der Waals surface area contributed by atoms with Gasteiger partial charge >= 0.3 is 6.03 Å². The number of amides is 2. The zero-order chi connectivity index (χ0) is 10.8. The Labute approximate surface area is 85.1 Å². The van der Waals surface area contributed by atoms with E-state index in [1.165, 1.54) is 0 Å². The minimum atomic E-state index is -0.293. The first kappa shape index (κ1) is 11.3. The average Bonchev–Trinajstić information content (AvgIpc) is 2.14. The topological polar surface area (TPSA) is 61.4 Å². The zero-order valence-corrected chi connectivity index (χ0v) is 9.13. The molecule has 4 heteroatoms. The van der Waals surface area contributed by atoms with Crippen LogP contribution in [0.15, 0.2) is 0 Å². The van der Waals surface area contributed by atoms with Crippen LogP contribution in [0.3, 0.4) is 0 Å². The molecule has 0 bridgehead atoms. The van der Waals surface area contributed by atoms with Gasteiger partial charge in [0.1, 0.15) is 0 Å². The maximum atomic E-state index is 11.3. The molecule has 1 aliphatic carbocycles. The molecule has 82 valence electrons. The molecule has 2 amide bonds. The molecule has 0 radical (unpaired) electrons. The number of nitrogens with one attached hydrogen (secondary N) is 2. The van der Waals surface area contributed by atoms with Gasteiger partial charge in [-0.05, 0) is 12.8 Å². The van der Waals surface area contributed by atoms with Crippen molar-refractivity contribution in [2.24, 2.45) is 5.41 Å². The highest BCUT2D eigenvalue weighted by atomic mass is 16.3. The lowest BCUT2D eigenvalue weighted by atomic mass is 9.65. The fourth-order valence-corrected chi connectivity index (χ4v) is 1.60. The SMILES string of the molecule is CCCNC(=O)NC1CC(O)C1(C)C. The van der Waals surface area contributed by atoms with E-state index in [1.807, 2.05) is 20.8 Å². The maximum Gasteiger partial charge on any atom is 0.315 e. The molecule has 0 saturated heterocycles. The highest BCUT2D eigenvalue weighted by Gasteiger charge is 2.47. The van der Waals surface area contributed by atoms with E-state index in [1.54, 1.807) is 0 Å². The molecule has 0 spiro atoms. The Morgan fingerprint density at radius 1 is 1.57 bits per heavy atom. The van der Waals surface area contributed by atoms with E-state index in [4.69, 9.17) is 0 Å². The van der Waals surface area contributed by atoms with Crippen LogP contribution < -0.4 is 10.6 Å². The van der Waals surface area contributed by atoms with Crippen molar-refractivity contribution in [1.29, 1.82) is 0 Å². The summed E-state index contributed by atoms with van der Waals surface area (Å²) in [6, 6.07) is -0.0359. The number of aliphatic hydroxyl groups is 1. The standard InChI is InChI=1S/C10H20N2O2/c1-4-5-11-9(14)12-7-6-8(13)10(7,2)3/h7-8,13H,4-6H2,1-3H3,(H2,11,12,14). The van der Waals surface area contributed by atoms with Crippen molar-refractivity contribution in [3.8, 4) is 0 Å². The predicted octanol–water partition coefficient (Wildman–Crippen LogP) is 0.855. The molecule has 2 unspecified atom stereocenters. The van der Waals surface area contributed by atoms with Crippen molar-refractivity contribution in [2.45, 2.75) is 45.8 Å².